The molecule has 1 heterocycles. The number of alkyl halides is 1. The quantitative estimate of drug-likeness (QED) is 0.762. The molecule has 1 aliphatic heterocycles. The van der Waals surface area contributed by atoms with Gasteiger partial charge in [-0.15, -0.1) is 0 Å². The minimum atomic E-state index is 0.0597. The molecule has 0 radical (unpaired) electrons. The molecule has 3 rings (SSSR count). The van der Waals surface area contributed by atoms with E-state index in [1.165, 1.54) is 5.56 Å². The minimum absolute atomic E-state index is 0.0597. The molecule has 16 heavy (non-hydrogen) atoms. The van der Waals surface area contributed by atoms with Crippen LogP contribution < -0.4 is 0 Å². The number of hydrogen-bond acceptors (Lipinski definition) is 1. The van der Waals surface area contributed by atoms with Crippen LogP contribution >= 0.6 is 15.9 Å². The summed E-state index contributed by atoms with van der Waals surface area (Å²) >= 11 is 3.43. The average molecular weight is 280 g/mol. The summed E-state index contributed by atoms with van der Waals surface area (Å²) in [6.45, 7) is 0.919. The highest BCUT2D eigenvalue weighted by atomic mass is 79.9. The van der Waals surface area contributed by atoms with E-state index in [-0.39, 0.29) is 10.7 Å². The van der Waals surface area contributed by atoms with Gasteiger partial charge < -0.3 is 4.90 Å². The fourth-order valence-electron chi connectivity index (χ4n) is 2.58. The Morgan fingerprint density at radius 3 is 2.62 bits per heavy atom. The Morgan fingerprint density at radius 2 is 2.00 bits per heavy atom. The van der Waals surface area contributed by atoms with Gasteiger partial charge in [0.2, 0.25) is 5.91 Å². The molecule has 3 heteroatoms. The van der Waals surface area contributed by atoms with Gasteiger partial charge in [0.05, 0.1) is 4.83 Å². The van der Waals surface area contributed by atoms with Crippen LogP contribution in [0.25, 0.3) is 0 Å². The molecule has 2 nitrogen and oxygen atoms in total. The summed E-state index contributed by atoms with van der Waals surface area (Å²) in [6, 6.07) is 11.0. The lowest BCUT2D eigenvalue weighted by Gasteiger charge is -2.15. The normalized spacial score (nSPS) is 33.2. The maximum absolute atomic E-state index is 11.8. The van der Waals surface area contributed by atoms with Gasteiger partial charge in [-0.1, -0.05) is 46.3 Å². The third-order valence-corrected chi connectivity index (χ3v) is 4.41. The van der Waals surface area contributed by atoms with Gasteiger partial charge in [-0.3, -0.25) is 4.79 Å². The first-order chi connectivity index (χ1) is 7.77. The molecule has 2 fully saturated rings. The predicted molar refractivity (Wildman–Crippen MR) is 66.6 cm³/mol. The van der Waals surface area contributed by atoms with E-state index in [9.17, 15) is 4.79 Å². The van der Waals surface area contributed by atoms with Crippen molar-refractivity contribution in [3.05, 3.63) is 35.9 Å². The third kappa shape index (κ3) is 1.67. The summed E-state index contributed by atoms with van der Waals surface area (Å²) in [7, 11) is 0. The molecular weight excluding hydrogens is 266 g/mol. The second-order valence-electron chi connectivity index (χ2n) is 4.61. The number of amides is 1. The van der Waals surface area contributed by atoms with Crippen LogP contribution in [0, 0.1) is 0 Å². The van der Waals surface area contributed by atoms with Crippen molar-refractivity contribution in [1.29, 1.82) is 0 Å². The summed E-state index contributed by atoms with van der Waals surface area (Å²) in [5.74, 6) is 0.853. The van der Waals surface area contributed by atoms with Crippen LogP contribution in [0.2, 0.25) is 0 Å². The molecule has 1 amide bonds. The topological polar surface area (TPSA) is 20.3 Å². The second kappa shape index (κ2) is 3.88. The van der Waals surface area contributed by atoms with Crippen LogP contribution in [0.15, 0.2) is 30.3 Å². The average Bonchev–Trinajstić information content (AvgIpc) is 3.04. The smallest absolute Gasteiger partial charge is 0.236 e. The van der Waals surface area contributed by atoms with E-state index in [1.807, 2.05) is 6.07 Å². The standard InChI is InChI=1S/C13H14BrNO/c14-11-6-7-15(13(11)16)12-8-10(12)9-4-2-1-3-5-9/h1-5,10-12H,6-8H2. The highest BCUT2D eigenvalue weighted by Crippen LogP contribution is 2.46. The molecule has 0 N–H and O–H groups in total. The highest BCUT2D eigenvalue weighted by molar-refractivity contribution is 9.10. The van der Waals surface area contributed by atoms with E-state index in [4.69, 9.17) is 0 Å². The maximum Gasteiger partial charge on any atom is 0.236 e. The van der Waals surface area contributed by atoms with E-state index >= 15 is 0 Å². The van der Waals surface area contributed by atoms with Crippen LogP contribution in [0.5, 0.6) is 0 Å². The number of halogens is 1. The van der Waals surface area contributed by atoms with Crippen molar-refractivity contribution in [2.75, 3.05) is 6.54 Å². The summed E-state index contributed by atoms with van der Waals surface area (Å²) < 4.78 is 0. The van der Waals surface area contributed by atoms with Crippen LogP contribution in [0.4, 0.5) is 0 Å². The fraction of sp³-hybridized carbons (Fsp3) is 0.462. The van der Waals surface area contributed by atoms with Crippen LogP contribution in [0.3, 0.4) is 0 Å². The first-order valence-electron chi connectivity index (χ1n) is 5.77. The van der Waals surface area contributed by atoms with E-state index in [1.54, 1.807) is 0 Å². The molecular formula is C13H14BrNO. The summed E-state index contributed by atoms with van der Waals surface area (Å²) in [4.78, 5) is 14.0. The molecule has 0 spiro atoms. The van der Waals surface area contributed by atoms with Gasteiger partial charge in [0.1, 0.15) is 0 Å². The molecule has 1 aromatic rings. The predicted octanol–water partition coefficient (Wildman–Crippen LogP) is 2.54. The molecule has 3 atom stereocenters. The van der Waals surface area contributed by atoms with E-state index in [0.29, 0.717) is 12.0 Å². The second-order valence-corrected chi connectivity index (χ2v) is 5.71. The number of carbonyl (C=O) groups excluding carboxylic acids is 1. The lowest BCUT2D eigenvalue weighted by atomic mass is 10.1. The first-order valence-corrected chi connectivity index (χ1v) is 6.68. The van der Waals surface area contributed by atoms with Crippen molar-refractivity contribution in [2.45, 2.75) is 29.6 Å². The number of carbonyl (C=O) groups is 1. The fourth-order valence-corrected chi connectivity index (χ4v) is 3.05. The van der Waals surface area contributed by atoms with Gasteiger partial charge in [-0.25, -0.2) is 0 Å². The Labute approximate surface area is 104 Å². The zero-order chi connectivity index (χ0) is 11.1. The van der Waals surface area contributed by atoms with Gasteiger partial charge in [0.15, 0.2) is 0 Å². The summed E-state index contributed by atoms with van der Waals surface area (Å²) in [5.41, 5.74) is 1.37. The van der Waals surface area contributed by atoms with Gasteiger partial charge in [0, 0.05) is 18.5 Å². The number of nitrogens with zero attached hydrogens (tertiary/aromatic N) is 1. The minimum Gasteiger partial charge on any atom is -0.338 e. The van der Waals surface area contributed by atoms with Gasteiger partial charge in [-0.2, -0.15) is 0 Å². The third-order valence-electron chi connectivity index (χ3n) is 3.56. The zero-order valence-corrected chi connectivity index (χ0v) is 10.6. The Morgan fingerprint density at radius 1 is 1.25 bits per heavy atom. The van der Waals surface area contributed by atoms with Gasteiger partial charge >= 0.3 is 0 Å². The van der Waals surface area contributed by atoms with Crippen LogP contribution in [-0.2, 0) is 4.79 Å². The van der Waals surface area contributed by atoms with Crippen molar-refractivity contribution in [1.82, 2.24) is 4.90 Å². The summed E-state index contributed by atoms with van der Waals surface area (Å²) in [6.07, 6.45) is 2.09. The summed E-state index contributed by atoms with van der Waals surface area (Å²) in [5, 5.41) is 0. The highest BCUT2D eigenvalue weighted by Gasteiger charge is 2.47. The molecule has 84 valence electrons. The van der Waals surface area contributed by atoms with Crippen molar-refractivity contribution in [2.24, 2.45) is 0 Å². The monoisotopic (exact) mass is 279 g/mol. The number of likely N-dealkylation sites (tertiary alicyclic amines) is 1. The number of rotatable bonds is 2. The van der Waals surface area contributed by atoms with Gasteiger partial charge in [-0.05, 0) is 18.4 Å². The molecule has 0 bridgehead atoms. The van der Waals surface area contributed by atoms with Crippen molar-refractivity contribution < 1.29 is 4.79 Å². The Bertz CT molecular complexity index is 406. The van der Waals surface area contributed by atoms with Crippen molar-refractivity contribution in [3.8, 4) is 0 Å². The van der Waals surface area contributed by atoms with E-state index in [2.05, 4.69) is 45.1 Å². The maximum atomic E-state index is 11.8. The molecule has 1 aromatic carbocycles. The molecule has 1 saturated carbocycles. The molecule has 0 aromatic heterocycles. The Balaban J connectivity index is 1.71. The number of hydrogen-bond donors (Lipinski definition) is 0. The Kier molecular flexibility index (Phi) is 2.51. The molecule has 1 aliphatic carbocycles. The van der Waals surface area contributed by atoms with Crippen LogP contribution in [-0.4, -0.2) is 28.2 Å². The SMILES string of the molecule is O=C1C(Br)CCN1C1CC1c1ccccc1. The van der Waals surface area contributed by atoms with E-state index in [0.717, 1.165) is 19.4 Å². The largest absolute Gasteiger partial charge is 0.338 e. The Hall–Kier alpha value is -0.830. The zero-order valence-electron chi connectivity index (χ0n) is 8.97. The lowest BCUT2D eigenvalue weighted by molar-refractivity contribution is -0.127. The van der Waals surface area contributed by atoms with Gasteiger partial charge in [0.25, 0.3) is 0 Å². The molecule has 2 aliphatic rings. The molecule has 1 saturated heterocycles. The van der Waals surface area contributed by atoms with Crippen LogP contribution in [0.1, 0.15) is 24.3 Å². The van der Waals surface area contributed by atoms with E-state index < -0.39 is 0 Å². The first kappa shape index (κ1) is 10.3. The van der Waals surface area contributed by atoms with Crippen molar-refractivity contribution >= 4 is 21.8 Å². The number of benzene rings is 1. The molecule has 3 unspecified atom stereocenters. The van der Waals surface area contributed by atoms with Crippen molar-refractivity contribution in [3.63, 3.8) is 0 Å². The lowest BCUT2D eigenvalue weighted by Crippen LogP contribution is -2.30.